The second kappa shape index (κ2) is 6.15. The van der Waals surface area contributed by atoms with Gasteiger partial charge in [0.1, 0.15) is 6.04 Å². The number of carboxylic acid groups (broad SMARTS) is 1. The van der Waals surface area contributed by atoms with E-state index in [4.69, 9.17) is 5.11 Å². The van der Waals surface area contributed by atoms with Crippen molar-refractivity contribution in [2.75, 3.05) is 7.05 Å². The molecule has 0 spiro atoms. The van der Waals surface area contributed by atoms with Crippen molar-refractivity contribution >= 4 is 11.9 Å². The summed E-state index contributed by atoms with van der Waals surface area (Å²) in [7, 11) is 1.63. The van der Waals surface area contributed by atoms with Crippen LogP contribution in [-0.2, 0) is 9.59 Å². The van der Waals surface area contributed by atoms with Crippen molar-refractivity contribution in [3.05, 3.63) is 12.7 Å². The van der Waals surface area contributed by atoms with Gasteiger partial charge in [-0.15, -0.1) is 6.58 Å². The van der Waals surface area contributed by atoms with E-state index in [1.54, 1.807) is 14.0 Å². The molecule has 0 heterocycles. The molecule has 80 valence electrons. The van der Waals surface area contributed by atoms with E-state index in [2.05, 4.69) is 17.2 Å². The van der Waals surface area contributed by atoms with Gasteiger partial charge >= 0.3 is 5.97 Å². The Bertz CT molecular complexity index is 228. The molecule has 14 heavy (non-hydrogen) atoms. The van der Waals surface area contributed by atoms with Crippen molar-refractivity contribution in [2.24, 2.45) is 0 Å². The smallest absolute Gasteiger partial charge is 0.326 e. The van der Waals surface area contributed by atoms with E-state index in [0.717, 1.165) is 0 Å². The van der Waals surface area contributed by atoms with Crippen LogP contribution in [0.4, 0.5) is 0 Å². The summed E-state index contributed by atoms with van der Waals surface area (Å²) in [6.07, 6.45) is 1.68. The fraction of sp³-hybridized carbons (Fsp3) is 0.556. The lowest BCUT2D eigenvalue weighted by Gasteiger charge is -2.15. The molecule has 0 bridgehead atoms. The molecule has 0 aromatic heterocycles. The molecule has 2 atom stereocenters. The summed E-state index contributed by atoms with van der Waals surface area (Å²) in [4.78, 5) is 21.9. The minimum absolute atomic E-state index is 0.220. The highest BCUT2D eigenvalue weighted by Crippen LogP contribution is 1.94. The summed E-state index contributed by atoms with van der Waals surface area (Å²) in [5.41, 5.74) is 0. The molecular weight excluding hydrogens is 184 g/mol. The summed E-state index contributed by atoms with van der Waals surface area (Å²) in [6, 6.07) is -1.29. The van der Waals surface area contributed by atoms with Gasteiger partial charge in [0.05, 0.1) is 6.04 Å². The highest BCUT2D eigenvalue weighted by molar-refractivity contribution is 5.86. The summed E-state index contributed by atoms with van der Waals surface area (Å²) in [5.74, 6) is -1.39. The van der Waals surface area contributed by atoms with Crippen molar-refractivity contribution in [1.82, 2.24) is 10.6 Å². The lowest BCUT2D eigenvalue weighted by molar-refractivity contribution is -0.141. The number of hydrogen-bond donors (Lipinski definition) is 3. The number of nitrogens with one attached hydrogen (secondary N) is 2. The van der Waals surface area contributed by atoms with E-state index in [1.807, 2.05) is 0 Å². The molecule has 0 aliphatic rings. The van der Waals surface area contributed by atoms with Crippen LogP contribution in [0.5, 0.6) is 0 Å². The fourth-order valence-corrected chi connectivity index (χ4v) is 0.816. The number of hydrogen-bond acceptors (Lipinski definition) is 3. The van der Waals surface area contributed by atoms with Crippen LogP contribution in [0.1, 0.15) is 13.3 Å². The molecule has 2 unspecified atom stereocenters. The molecule has 0 aliphatic carbocycles. The maximum Gasteiger partial charge on any atom is 0.326 e. The molecule has 5 nitrogen and oxygen atoms in total. The normalized spacial score (nSPS) is 14.1. The van der Waals surface area contributed by atoms with Crippen LogP contribution in [0.2, 0.25) is 0 Å². The minimum Gasteiger partial charge on any atom is -0.480 e. The van der Waals surface area contributed by atoms with Crippen molar-refractivity contribution in [2.45, 2.75) is 25.4 Å². The Morgan fingerprint density at radius 3 is 2.50 bits per heavy atom. The molecule has 0 radical (unpaired) electrons. The predicted molar refractivity (Wildman–Crippen MR) is 52.9 cm³/mol. The SMILES string of the molecule is C=CCC(NC(=O)C(C)NC)C(=O)O. The number of rotatable bonds is 6. The Morgan fingerprint density at radius 1 is 1.57 bits per heavy atom. The quantitative estimate of drug-likeness (QED) is 0.516. The Balaban J connectivity index is 4.22. The predicted octanol–water partition coefficient (Wildman–Crippen LogP) is -0.260. The van der Waals surface area contributed by atoms with Gasteiger partial charge in [-0.3, -0.25) is 4.79 Å². The maximum atomic E-state index is 11.3. The van der Waals surface area contributed by atoms with E-state index >= 15 is 0 Å². The second-order valence-corrected chi connectivity index (χ2v) is 2.93. The lowest BCUT2D eigenvalue weighted by Crippen LogP contribution is -2.48. The van der Waals surface area contributed by atoms with Gasteiger partial charge < -0.3 is 15.7 Å². The van der Waals surface area contributed by atoms with Gasteiger partial charge in [-0.1, -0.05) is 6.08 Å². The minimum atomic E-state index is -1.05. The van der Waals surface area contributed by atoms with Gasteiger partial charge in [0, 0.05) is 0 Å². The fourth-order valence-electron chi connectivity index (χ4n) is 0.816. The third-order valence-electron chi connectivity index (χ3n) is 1.84. The molecule has 3 N–H and O–H groups in total. The molecule has 0 aliphatic heterocycles. The van der Waals surface area contributed by atoms with E-state index in [0.29, 0.717) is 0 Å². The van der Waals surface area contributed by atoms with Gasteiger partial charge in [-0.05, 0) is 20.4 Å². The molecule has 0 rings (SSSR count). The number of carboxylic acids is 1. The molecule has 0 saturated heterocycles. The Hall–Kier alpha value is -1.36. The van der Waals surface area contributed by atoms with E-state index in [-0.39, 0.29) is 12.3 Å². The summed E-state index contributed by atoms with van der Waals surface area (Å²) >= 11 is 0. The largest absolute Gasteiger partial charge is 0.480 e. The number of amides is 1. The molecule has 0 aromatic carbocycles. The maximum absolute atomic E-state index is 11.3. The Kier molecular flexibility index (Phi) is 5.55. The first-order chi connectivity index (χ1) is 6.52. The van der Waals surface area contributed by atoms with Crippen LogP contribution >= 0.6 is 0 Å². The molecule has 0 fully saturated rings. The van der Waals surface area contributed by atoms with E-state index < -0.39 is 18.1 Å². The summed E-state index contributed by atoms with van der Waals surface area (Å²) in [5, 5.41) is 13.8. The zero-order valence-corrected chi connectivity index (χ0v) is 8.41. The zero-order chi connectivity index (χ0) is 11.1. The number of carbonyl (C=O) groups is 2. The number of likely N-dealkylation sites (N-methyl/N-ethyl adjacent to an activating group) is 1. The van der Waals surface area contributed by atoms with Gasteiger partial charge in [-0.2, -0.15) is 0 Å². The van der Waals surface area contributed by atoms with Crippen LogP contribution in [0.3, 0.4) is 0 Å². The first-order valence-electron chi connectivity index (χ1n) is 4.34. The average Bonchev–Trinajstić information content (AvgIpc) is 2.15. The first kappa shape index (κ1) is 12.6. The highest BCUT2D eigenvalue weighted by Gasteiger charge is 2.20. The van der Waals surface area contributed by atoms with Crippen LogP contribution in [0.15, 0.2) is 12.7 Å². The summed E-state index contributed by atoms with van der Waals surface area (Å²) < 4.78 is 0. The van der Waals surface area contributed by atoms with Crippen molar-refractivity contribution in [3.8, 4) is 0 Å². The molecule has 1 amide bonds. The molecular formula is C9H16N2O3. The number of aliphatic carboxylic acids is 1. The van der Waals surface area contributed by atoms with Gasteiger partial charge in [0.25, 0.3) is 0 Å². The van der Waals surface area contributed by atoms with Gasteiger partial charge in [0.2, 0.25) is 5.91 Å². The third-order valence-corrected chi connectivity index (χ3v) is 1.84. The molecule has 5 heteroatoms. The van der Waals surface area contributed by atoms with Crippen molar-refractivity contribution in [3.63, 3.8) is 0 Å². The zero-order valence-electron chi connectivity index (χ0n) is 8.41. The molecule has 0 saturated carbocycles. The van der Waals surface area contributed by atoms with Crippen LogP contribution < -0.4 is 10.6 Å². The first-order valence-corrected chi connectivity index (χ1v) is 4.34. The Morgan fingerprint density at radius 2 is 2.14 bits per heavy atom. The monoisotopic (exact) mass is 200 g/mol. The average molecular weight is 200 g/mol. The lowest BCUT2D eigenvalue weighted by atomic mass is 10.2. The van der Waals surface area contributed by atoms with Crippen LogP contribution in [-0.4, -0.2) is 36.1 Å². The second-order valence-electron chi connectivity index (χ2n) is 2.93. The third kappa shape index (κ3) is 4.04. The molecule has 0 aromatic rings. The van der Waals surface area contributed by atoms with Gasteiger partial charge in [0.15, 0.2) is 0 Å². The topological polar surface area (TPSA) is 78.4 Å². The highest BCUT2D eigenvalue weighted by atomic mass is 16.4. The van der Waals surface area contributed by atoms with Crippen LogP contribution in [0, 0.1) is 0 Å². The summed E-state index contributed by atoms with van der Waals surface area (Å²) in [6.45, 7) is 5.08. The number of carbonyl (C=O) groups excluding carboxylic acids is 1. The van der Waals surface area contributed by atoms with E-state index in [9.17, 15) is 9.59 Å². The van der Waals surface area contributed by atoms with E-state index in [1.165, 1.54) is 6.08 Å². The van der Waals surface area contributed by atoms with Crippen molar-refractivity contribution in [1.29, 1.82) is 0 Å². The van der Waals surface area contributed by atoms with Gasteiger partial charge in [-0.25, -0.2) is 4.79 Å². The van der Waals surface area contributed by atoms with Crippen molar-refractivity contribution < 1.29 is 14.7 Å². The standard InChI is InChI=1S/C9H16N2O3/c1-4-5-7(9(13)14)11-8(12)6(2)10-3/h4,6-7,10H,1,5H2,2-3H3,(H,11,12)(H,13,14). The van der Waals surface area contributed by atoms with Crippen LogP contribution in [0.25, 0.3) is 0 Å². The Labute approximate surface area is 83.2 Å².